The van der Waals surface area contributed by atoms with E-state index < -0.39 is 0 Å². The first-order chi connectivity index (χ1) is 2.89. The quantitative estimate of drug-likeness (QED) is 0.474. The molecule has 0 bridgehead atoms. The molecule has 0 saturated heterocycles. The van der Waals surface area contributed by atoms with E-state index in [2.05, 4.69) is 4.98 Å². The molecule has 1 aromatic heterocycles. The van der Waals surface area contributed by atoms with E-state index in [0.29, 0.717) is 0 Å². The fourth-order valence-corrected chi connectivity index (χ4v) is 0.326. The zero-order valence-corrected chi connectivity index (χ0v) is 5.18. The van der Waals surface area contributed by atoms with Gasteiger partial charge in [0.05, 0.1) is 6.33 Å². The van der Waals surface area contributed by atoms with Crippen LogP contribution < -0.4 is 0 Å². The fraction of sp³-hybridized carbons (Fsp3) is 0.250. The Morgan fingerprint density at radius 1 is 1.57 bits per heavy atom. The molecule has 0 fully saturated rings. The number of imidazole rings is 1. The third-order valence-electron chi connectivity index (χ3n) is 0.637. The molecule has 39 valence electrons. The number of hydrogen-bond acceptors (Lipinski definition) is 1. The predicted octanol–water partition coefficient (Wildman–Crippen LogP) is 0.418. The first-order valence-electron chi connectivity index (χ1n) is 1.81. The van der Waals surface area contributed by atoms with Crippen LogP contribution in [0.2, 0.25) is 0 Å². The van der Waals surface area contributed by atoms with Crippen LogP contribution in [-0.2, 0) is 24.1 Å². The summed E-state index contributed by atoms with van der Waals surface area (Å²) < 4.78 is 1.89. The molecule has 1 heterocycles. The minimum Gasteiger partial charge on any atom is -0.341 e. The number of hydrogen-bond donors (Lipinski definition) is 0. The van der Waals surface area contributed by atoms with Crippen molar-refractivity contribution in [3.63, 3.8) is 0 Å². The summed E-state index contributed by atoms with van der Waals surface area (Å²) in [5.74, 6) is 0. The summed E-state index contributed by atoms with van der Waals surface area (Å²) in [6.07, 6.45) is 5.39. The van der Waals surface area contributed by atoms with Crippen molar-refractivity contribution in [1.82, 2.24) is 9.55 Å². The van der Waals surface area contributed by atoms with Gasteiger partial charge in [-0.15, -0.1) is 0 Å². The minimum absolute atomic E-state index is 0. The van der Waals surface area contributed by atoms with Crippen molar-refractivity contribution in [2.75, 3.05) is 0 Å². The van der Waals surface area contributed by atoms with E-state index in [1.54, 1.807) is 12.5 Å². The molecule has 3 heteroatoms. The normalized spacial score (nSPS) is 7.57. The second-order valence-corrected chi connectivity index (χ2v) is 1.23. The second kappa shape index (κ2) is 2.83. The fourth-order valence-electron chi connectivity index (χ4n) is 0.326. The van der Waals surface area contributed by atoms with Crippen LogP contribution in [0.4, 0.5) is 0 Å². The Morgan fingerprint density at radius 3 is 2.43 bits per heavy atom. The van der Waals surface area contributed by atoms with Crippen molar-refractivity contribution in [3.05, 3.63) is 18.7 Å². The molecular weight excluding hydrogens is 131 g/mol. The minimum atomic E-state index is 0. The molecule has 0 amide bonds. The molecule has 0 saturated carbocycles. The van der Waals surface area contributed by atoms with Crippen LogP contribution in [0.3, 0.4) is 0 Å². The summed E-state index contributed by atoms with van der Waals surface area (Å²) in [5.41, 5.74) is 0. The molecule has 0 aliphatic rings. The van der Waals surface area contributed by atoms with E-state index in [1.807, 2.05) is 17.8 Å². The van der Waals surface area contributed by atoms with Crippen LogP contribution in [0.25, 0.3) is 0 Å². The van der Waals surface area contributed by atoms with Gasteiger partial charge in [-0.3, -0.25) is 0 Å². The average Bonchev–Trinajstić information content (AvgIpc) is 1.86. The third-order valence-corrected chi connectivity index (χ3v) is 0.637. The predicted molar refractivity (Wildman–Crippen MR) is 23.2 cm³/mol. The van der Waals surface area contributed by atoms with E-state index in [4.69, 9.17) is 0 Å². The zero-order valence-electron chi connectivity index (χ0n) is 4.00. The molecule has 2 nitrogen and oxygen atoms in total. The Morgan fingerprint density at radius 2 is 2.29 bits per heavy atom. The van der Waals surface area contributed by atoms with Gasteiger partial charge in [-0.1, -0.05) is 0 Å². The Kier molecular flexibility index (Phi) is 2.72. The maximum absolute atomic E-state index is 3.78. The smallest absolute Gasteiger partial charge is 0.0943 e. The van der Waals surface area contributed by atoms with Gasteiger partial charge in [-0.05, 0) is 0 Å². The third kappa shape index (κ3) is 1.76. The Hall–Kier alpha value is -0.271. The van der Waals surface area contributed by atoms with Gasteiger partial charge in [-0.2, -0.15) is 0 Å². The maximum atomic E-state index is 3.78. The topological polar surface area (TPSA) is 17.8 Å². The van der Waals surface area contributed by atoms with Gasteiger partial charge >= 0.3 is 0 Å². The van der Waals surface area contributed by atoms with Gasteiger partial charge in [0, 0.05) is 36.5 Å². The van der Waals surface area contributed by atoms with Crippen LogP contribution >= 0.6 is 0 Å². The monoisotopic (exact) mass is 137 g/mol. The van der Waals surface area contributed by atoms with Crippen LogP contribution in [0.5, 0.6) is 0 Å². The van der Waals surface area contributed by atoms with E-state index in [1.165, 1.54) is 0 Å². The van der Waals surface area contributed by atoms with Crippen LogP contribution in [-0.4, -0.2) is 9.55 Å². The molecule has 0 aliphatic heterocycles. The average molecular weight is 137 g/mol. The van der Waals surface area contributed by atoms with Gasteiger partial charge in [0.25, 0.3) is 0 Å². The van der Waals surface area contributed by atoms with E-state index in [-0.39, 0.29) is 17.1 Å². The van der Waals surface area contributed by atoms with Gasteiger partial charge in [-0.25, -0.2) is 4.98 Å². The van der Waals surface area contributed by atoms with Gasteiger partial charge in [0.15, 0.2) is 0 Å². The number of aromatic nitrogens is 2. The zero-order chi connectivity index (χ0) is 4.41. The molecule has 1 radical (unpaired) electrons. The molecule has 0 unspecified atom stereocenters. The van der Waals surface area contributed by atoms with Gasteiger partial charge < -0.3 is 4.57 Å². The second-order valence-electron chi connectivity index (χ2n) is 1.23. The molecular formula is C4H6MnN2. The summed E-state index contributed by atoms with van der Waals surface area (Å²) in [6, 6.07) is 0. The van der Waals surface area contributed by atoms with Gasteiger partial charge in [0.2, 0.25) is 0 Å². The largest absolute Gasteiger partial charge is 0.341 e. The van der Waals surface area contributed by atoms with Crippen LogP contribution in [0.1, 0.15) is 0 Å². The Labute approximate surface area is 53.0 Å². The number of aryl methyl sites for hydroxylation is 1. The van der Waals surface area contributed by atoms with E-state index in [0.717, 1.165) is 0 Å². The van der Waals surface area contributed by atoms with Crippen LogP contribution in [0.15, 0.2) is 18.7 Å². The Balaban J connectivity index is 0.000000360. The van der Waals surface area contributed by atoms with Crippen molar-refractivity contribution in [2.45, 2.75) is 0 Å². The summed E-state index contributed by atoms with van der Waals surface area (Å²) in [4.78, 5) is 3.78. The summed E-state index contributed by atoms with van der Waals surface area (Å²) in [5, 5.41) is 0. The van der Waals surface area contributed by atoms with Crippen molar-refractivity contribution in [1.29, 1.82) is 0 Å². The van der Waals surface area contributed by atoms with Crippen molar-refractivity contribution < 1.29 is 17.1 Å². The maximum Gasteiger partial charge on any atom is 0.0943 e. The van der Waals surface area contributed by atoms with Gasteiger partial charge in [0.1, 0.15) is 0 Å². The molecule has 0 N–H and O–H groups in total. The summed E-state index contributed by atoms with van der Waals surface area (Å²) in [7, 11) is 1.94. The van der Waals surface area contributed by atoms with E-state index in [9.17, 15) is 0 Å². The SMILES string of the molecule is Cn1ccnc1.[Mn]. The van der Waals surface area contributed by atoms with Crippen molar-refractivity contribution in [2.24, 2.45) is 7.05 Å². The molecule has 0 aliphatic carbocycles. The first-order valence-corrected chi connectivity index (χ1v) is 1.81. The van der Waals surface area contributed by atoms with Crippen molar-refractivity contribution >= 4 is 0 Å². The molecule has 1 rings (SSSR count). The van der Waals surface area contributed by atoms with E-state index >= 15 is 0 Å². The summed E-state index contributed by atoms with van der Waals surface area (Å²) >= 11 is 0. The van der Waals surface area contributed by atoms with Crippen molar-refractivity contribution in [3.8, 4) is 0 Å². The molecule has 1 aromatic rings. The molecule has 0 atom stereocenters. The standard InChI is InChI=1S/C4H6N2.Mn/c1-6-3-2-5-4-6;/h2-4H,1H3;. The number of nitrogens with zero attached hydrogens (tertiary/aromatic N) is 2. The molecule has 0 aromatic carbocycles. The Bertz CT molecular complexity index is 113. The first kappa shape index (κ1) is 6.73. The molecule has 7 heavy (non-hydrogen) atoms. The number of rotatable bonds is 0. The van der Waals surface area contributed by atoms with Crippen LogP contribution in [0, 0.1) is 0 Å². The summed E-state index contributed by atoms with van der Waals surface area (Å²) in [6.45, 7) is 0. The molecule has 0 spiro atoms.